The highest BCUT2D eigenvalue weighted by Gasteiger charge is 2.28. The van der Waals surface area contributed by atoms with Crippen molar-refractivity contribution in [1.82, 2.24) is 0 Å². The Morgan fingerprint density at radius 3 is 2.56 bits per heavy atom. The van der Waals surface area contributed by atoms with Crippen molar-refractivity contribution < 1.29 is 14.9 Å². The molecule has 2 unspecified atom stereocenters. The van der Waals surface area contributed by atoms with E-state index >= 15 is 0 Å². The third-order valence-corrected chi connectivity index (χ3v) is 3.89. The zero-order valence-corrected chi connectivity index (χ0v) is 10.9. The molecule has 1 aliphatic rings. The van der Waals surface area contributed by atoms with E-state index in [1.807, 2.05) is 18.2 Å². The molecule has 1 fully saturated rings. The van der Waals surface area contributed by atoms with Gasteiger partial charge in [-0.2, -0.15) is 0 Å². The fraction of sp³-hybridized carbons (Fsp3) is 0.600. The molecule has 2 atom stereocenters. The molecule has 1 aromatic carbocycles. The van der Waals surface area contributed by atoms with E-state index in [2.05, 4.69) is 0 Å². The van der Waals surface area contributed by atoms with E-state index in [4.69, 9.17) is 4.74 Å². The molecule has 2 N–H and O–H groups in total. The predicted molar refractivity (Wildman–Crippen MR) is 70.5 cm³/mol. The van der Waals surface area contributed by atoms with Crippen LogP contribution in [0.25, 0.3) is 0 Å². The third kappa shape index (κ3) is 3.03. The van der Waals surface area contributed by atoms with Gasteiger partial charge in [0.15, 0.2) is 0 Å². The van der Waals surface area contributed by atoms with Gasteiger partial charge >= 0.3 is 0 Å². The summed E-state index contributed by atoms with van der Waals surface area (Å²) in [5, 5.41) is 20.5. The molecule has 0 spiro atoms. The minimum absolute atomic E-state index is 0.222. The van der Waals surface area contributed by atoms with Crippen LogP contribution in [0.2, 0.25) is 0 Å². The first-order chi connectivity index (χ1) is 8.72. The van der Waals surface area contributed by atoms with Gasteiger partial charge in [-0.3, -0.25) is 0 Å². The maximum atomic E-state index is 10.3. The first kappa shape index (κ1) is 13.4. The first-order valence-electron chi connectivity index (χ1n) is 6.72. The Bertz CT molecular complexity index is 372. The van der Waals surface area contributed by atoms with Gasteiger partial charge in [-0.1, -0.05) is 31.4 Å². The fourth-order valence-electron chi connectivity index (χ4n) is 2.76. The molecule has 1 aliphatic carbocycles. The van der Waals surface area contributed by atoms with Crippen LogP contribution < -0.4 is 4.74 Å². The van der Waals surface area contributed by atoms with E-state index in [1.54, 1.807) is 13.2 Å². The molecule has 18 heavy (non-hydrogen) atoms. The summed E-state index contributed by atoms with van der Waals surface area (Å²) < 4.78 is 5.14. The van der Waals surface area contributed by atoms with E-state index in [1.165, 1.54) is 6.42 Å². The fourth-order valence-corrected chi connectivity index (χ4v) is 2.76. The Morgan fingerprint density at radius 2 is 1.89 bits per heavy atom. The van der Waals surface area contributed by atoms with Crippen molar-refractivity contribution in [3.05, 3.63) is 29.8 Å². The molecule has 100 valence electrons. The highest BCUT2D eigenvalue weighted by molar-refractivity contribution is 5.30. The summed E-state index contributed by atoms with van der Waals surface area (Å²) in [5.74, 6) is 0.933. The monoisotopic (exact) mass is 250 g/mol. The highest BCUT2D eigenvalue weighted by atomic mass is 16.5. The third-order valence-electron chi connectivity index (χ3n) is 3.89. The van der Waals surface area contributed by atoms with Gasteiger partial charge in [0.25, 0.3) is 0 Å². The summed E-state index contributed by atoms with van der Waals surface area (Å²) in [6.07, 6.45) is 4.11. The number of aliphatic hydroxyl groups is 2. The van der Waals surface area contributed by atoms with Gasteiger partial charge in [0.2, 0.25) is 0 Å². The Labute approximate surface area is 108 Å². The van der Waals surface area contributed by atoms with Crippen molar-refractivity contribution in [1.29, 1.82) is 0 Å². The van der Waals surface area contributed by atoms with Gasteiger partial charge in [0.1, 0.15) is 11.9 Å². The van der Waals surface area contributed by atoms with Crippen LogP contribution in [0, 0.1) is 5.92 Å². The smallest absolute Gasteiger partial charge is 0.119 e. The largest absolute Gasteiger partial charge is 0.497 e. The molecule has 3 heteroatoms. The van der Waals surface area contributed by atoms with E-state index in [9.17, 15) is 10.2 Å². The van der Waals surface area contributed by atoms with Crippen LogP contribution >= 0.6 is 0 Å². The number of hydrogen-bond donors (Lipinski definition) is 2. The van der Waals surface area contributed by atoms with Crippen LogP contribution in [0.15, 0.2) is 24.3 Å². The SMILES string of the molecule is COc1cccc(C(O)C(O)C2CCCCC2)c1. The van der Waals surface area contributed by atoms with Gasteiger partial charge in [-0.15, -0.1) is 0 Å². The highest BCUT2D eigenvalue weighted by Crippen LogP contribution is 2.33. The molecular formula is C15H22O3. The van der Waals surface area contributed by atoms with Crippen LogP contribution in [0.4, 0.5) is 0 Å². The predicted octanol–water partition coefficient (Wildman–Crippen LogP) is 2.67. The molecule has 0 bridgehead atoms. The van der Waals surface area contributed by atoms with Gasteiger partial charge in [-0.05, 0) is 36.5 Å². The van der Waals surface area contributed by atoms with Gasteiger partial charge < -0.3 is 14.9 Å². The summed E-state index contributed by atoms with van der Waals surface area (Å²) in [6.45, 7) is 0. The van der Waals surface area contributed by atoms with E-state index in [0.717, 1.165) is 31.2 Å². The van der Waals surface area contributed by atoms with Gasteiger partial charge in [0.05, 0.1) is 13.2 Å². The average molecular weight is 250 g/mol. The maximum Gasteiger partial charge on any atom is 0.119 e. The topological polar surface area (TPSA) is 49.7 Å². The number of rotatable bonds is 4. The van der Waals surface area contributed by atoms with Crippen molar-refractivity contribution in [2.24, 2.45) is 5.92 Å². The molecule has 1 saturated carbocycles. The van der Waals surface area contributed by atoms with Crippen LogP contribution in [0.1, 0.15) is 43.8 Å². The quantitative estimate of drug-likeness (QED) is 0.863. The van der Waals surface area contributed by atoms with Crippen LogP contribution in [-0.4, -0.2) is 23.4 Å². The zero-order chi connectivity index (χ0) is 13.0. The summed E-state index contributed by atoms with van der Waals surface area (Å²) in [5.41, 5.74) is 0.729. The molecule has 0 heterocycles. The minimum atomic E-state index is -0.816. The zero-order valence-electron chi connectivity index (χ0n) is 10.9. The van der Waals surface area contributed by atoms with Crippen LogP contribution in [-0.2, 0) is 0 Å². The second-order valence-electron chi connectivity index (χ2n) is 5.11. The van der Waals surface area contributed by atoms with Crippen molar-refractivity contribution >= 4 is 0 Å². The van der Waals surface area contributed by atoms with E-state index in [0.29, 0.717) is 5.75 Å². The molecule has 0 amide bonds. The van der Waals surface area contributed by atoms with Gasteiger partial charge in [-0.25, -0.2) is 0 Å². The number of aliphatic hydroxyl groups excluding tert-OH is 2. The Kier molecular flexibility index (Phi) is 4.61. The van der Waals surface area contributed by atoms with Crippen LogP contribution in [0.5, 0.6) is 5.75 Å². The lowest BCUT2D eigenvalue weighted by molar-refractivity contribution is -0.0286. The maximum absolute atomic E-state index is 10.3. The second kappa shape index (κ2) is 6.21. The van der Waals surface area contributed by atoms with Crippen molar-refractivity contribution in [2.75, 3.05) is 7.11 Å². The lowest BCUT2D eigenvalue weighted by Gasteiger charge is -2.30. The molecule has 3 nitrogen and oxygen atoms in total. The number of benzene rings is 1. The average Bonchev–Trinajstić information content (AvgIpc) is 2.46. The number of ether oxygens (including phenoxy) is 1. The molecule has 2 rings (SSSR count). The molecule has 0 aliphatic heterocycles. The minimum Gasteiger partial charge on any atom is -0.497 e. The molecule has 0 aromatic heterocycles. The van der Waals surface area contributed by atoms with Gasteiger partial charge in [0, 0.05) is 0 Å². The molecule has 1 aromatic rings. The first-order valence-corrected chi connectivity index (χ1v) is 6.72. The second-order valence-corrected chi connectivity index (χ2v) is 5.11. The summed E-state index contributed by atoms with van der Waals surface area (Å²) in [6, 6.07) is 7.30. The Balaban J connectivity index is 2.06. The number of hydrogen-bond acceptors (Lipinski definition) is 3. The summed E-state index contributed by atoms with van der Waals surface area (Å²) in [7, 11) is 1.60. The van der Waals surface area contributed by atoms with E-state index < -0.39 is 12.2 Å². The lowest BCUT2D eigenvalue weighted by Crippen LogP contribution is -2.29. The van der Waals surface area contributed by atoms with Crippen LogP contribution in [0.3, 0.4) is 0 Å². The van der Waals surface area contributed by atoms with Crippen molar-refractivity contribution in [2.45, 2.75) is 44.3 Å². The number of methoxy groups -OCH3 is 1. The molecule has 0 saturated heterocycles. The van der Waals surface area contributed by atoms with Crippen molar-refractivity contribution in [3.8, 4) is 5.75 Å². The molecular weight excluding hydrogens is 228 g/mol. The Morgan fingerprint density at radius 1 is 1.17 bits per heavy atom. The van der Waals surface area contributed by atoms with E-state index in [-0.39, 0.29) is 5.92 Å². The molecule has 0 radical (unpaired) electrons. The normalized spacial score (nSPS) is 20.4. The lowest BCUT2D eigenvalue weighted by atomic mass is 9.82. The summed E-state index contributed by atoms with van der Waals surface area (Å²) >= 11 is 0. The summed E-state index contributed by atoms with van der Waals surface area (Å²) in [4.78, 5) is 0. The Hall–Kier alpha value is -1.06. The standard InChI is InChI=1S/C15H22O3/c1-18-13-9-5-8-12(10-13)15(17)14(16)11-6-3-2-4-7-11/h5,8-11,14-17H,2-4,6-7H2,1H3. The van der Waals surface area contributed by atoms with Crippen molar-refractivity contribution in [3.63, 3.8) is 0 Å².